The molecule has 0 saturated heterocycles. The highest BCUT2D eigenvalue weighted by Gasteiger charge is 2.21. The van der Waals surface area contributed by atoms with Gasteiger partial charge in [-0.1, -0.05) is 29.8 Å². The van der Waals surface area contributed by atoms with Crippen molar-refractivity contribution in [3.8, 4) is 11.5 Å². The van der Waals surface area contributed by atoms with E-state index in [2.05, 4.69) is 10.2 Å². The first-order valence-corrected chi connectivity index (χ1v) is 8.21. The molecule has 0 aliphatic rings. The number of furan rings is 1. The Morgan fingerprint density at radius 3 is 2.72 bits per heavy atom. The molecule has 3 rings (SSSR count). The zero-order valence-electron chi connectivity index (χ0n) is 14.3. The zero-order valence-corrected chi connectivity index (χ0v) is 14.3. The number of carbonyl (C=O) groups is 1. The number of hydrogen-bond acceptors (Lipinski definition) is 4. The van der Waals surface area contributed by atoms with Gasteiger partial charge in [0.25, 0.3) is 5.91 Å². The van der Waals surface area contributed by atoms with Gasteiger partial charge in [0.2, 0.25) is 0 Å². The van der Waals surface area contributed by atoms with E-state index in [1.165, 1.54) is 0 Å². The summed E-state index contributed by atoms with van der Waals surface area (Å²) >= 11 is 0. The minimum absolute atomic E-state index is 0.210. The van der Waals surface area contributed by atoms with Crippen LogP contribution in [-0.4, -0.2) is 39.2 Å². The molecular weight excluding hydrogens is 318 g/mol. The number of amides is 1. The summed E-state index contributed by atoms with van der Waals surface area (Å²) in [5, 5.41) is 17.3. The fourth-order valence-electron chi connectivity index (χ4n) is 2.61. The van der Waals surface area contributed by atoms with Crippen LogP contribution in [0.15, 0.2) is 53.1 Å². The van der Waals surface area contributed by atoms with Gasteiger partial charge in [-0.15, -0.1) is 0 Å². The molecule has 0 aliphatic carbocycles. The van der Waals surface area contributed by atoms with Crippen molar-refractivity contribution < 1.29 is 14.3 Å². The van der Waals surface area contributed by atoms with Crippen molar-refractivity contribution in [2.75, 3.05) is 13.1 Å². The van der Waals surface area contributed by atoms with E-state index < -0.39 is 6.10 Å². The zero-order chi connectivity index (χ0) is 17.8. The predicted molar refractivity (Wildman–Crippen MR) is 94.0 cm³/mol. The second kappa shape index (κ2) is 7.36. The lowest BCUT2D eigenvalue weighted by Gasteiger charge is -2.23. The number of hydrogen-bond donors (Lipinski definition) is 2. The molecule has 6 nitrogen and oxygen atoms in total. The number of rotatable bonds is 6. The van der Waals surface area contributed by atoms with Crippen molar-refractivity contribution in [1.29, 1.82) is 0 Å². The van der Waals surface area contributed by atoms with E-state index in [1.807, 2.05) is 38.1 Å². The number of aromatic nitrogens is 2. The number of aliphatic hydroxyl groups excluding tert-OH is 1. The second-order valence-corrected chi connectivity index (χ2v) is 5.91. The van der Waals surface area contributed by atoms with Gasteiger partial charge in [-0.3, -0.25) is 9.89 Å². The fourth-order valence-corrected chi connectivity index (χ4v) is 2.61. The van der Waals surface area contributed by atoms with Gasteiger partial charge in [-0.05, 0) is 31.5 Å². The fraction of sp³-hybridized carbons (Fsp3) is 0.263. The van der Waals surface area contributed by atoms with Crippen LogP contribution in [-0.2, 0) is 0 Å². The van der Waals surface area contributed by atoms with Crippen LogP contribution >= 0.6 is 0 Å². The molecule has 2 N–H and O–H groups in total. The third-order valence-corrected chi connectivity index (χ3v) is 4.11. The van der Waals surface area contributed by atoms with Crippen LogP contribution in [0.2, 0.25) is 0 Å². The van der Waals surface area contributed by atoms with Crippen molar-refractivity contribution in [3.63, 3.8) is 0 Å². The highest BCUT2D eigenvalue weighted by atomic mass is 16.3. The summed E-state index contributed by atoms with van der Waals surface area (Å²) in [6, 6.07) is 12.9. The van der Waals surface area contributed by atoms with Gasteiger partial charge in [0.05, 0.1) is 18.9 Å². The summed E-state index contributed by atoms with van der Waals surface area (Å²) in [5.74, 6) is 0.386. The molecule has 1 aromatic carbocycles. The number of aliphatic hydroxyl groups is 1. The number of carbonyl (C=O) groups excluding carboxylic acids is 1. The molecule has 0 fully saturated rings. The maximum absolute atomic E-state index is 12.7. The Balaban J connectivity index is 1.72. The number of H-pyrrole nitrogens is 1. The molecule has 0 radical (unpaired) electrons. The Labute approximate surface area is 146 Å². The molecule has 130 valence electrons. The maximum Gasteiger partial charge on any atom is 0.274 e. The molecule has 0 aliphatic heterocycles. The van der Waals surface area contributed by atoms with Crippen molar-refractivity contribution in [1.82, 2.24) is 15.1 Å². The highest BCUT2D eigenvalue weighted by Crippen LogP contribution is 2.20. The summed E-state index contributed by atoms with van der Waals surface area (Å²) in [4.78, 5) is 14.3. The first-order chi connectivity index (χ1) is 12.1. The Bertz CT molecular complexity index is 822. The van der Waals surface area contributed by atoms with E-state index in [0.717, 1.165) is 11.1 Å². The third kappa shape index (κ3) is 3.80. The number of nitrogens with zero attached hydrogens (tertiary/aromatic N) is 2. The van der Waals surface area contributed by atoms with Gasteiger partial charge in [0, 0.05) is 12.6 Å². The van der Waals surface area contributed by atoms with Gasteiger partial charge < -0.3 is 14.4 Å². The lowest BCUT2D eigenvalue weighted by molar-refractivity contribution is 0.0629. The topological polar surface area (TPSA) is 82.4 Å². The van der Waals surface area contributed by atoms with Crippen molar-refractivity contribution >= 4 is 5.91 Å². The molecule has 6 heteroatoms. The quantitative estimate of drug-likeness (QED) is 0.722. The monoisotopic (exact) mass is 339 g/mol. The molecule has 2 heterocycles. The summed E-state index contributed by atoms with van der Waals surface area (Å²) in [7, 11) is 0. The minimum Gasteiger partial charge on any atom is -0.463 e. The average Bonchev–Trinajstić information content (AvgIpc) is 3.30. The molecule has 1 amide bonds. The molecule has 25 heavy (non-hydrogen) atoms. The Morgan fingerprint density at radius 2 is 2.08 bits per heavy atom. The van der Waals surface area contributed by atoms with Gasteiger partial charge in [0.1, 0.15) is 5.69 Å². The van der Waals surface area contributed by atoms with Crippen LogP contribution in [0.3, 0.4) is 0 Å². The van der Waals surface area contributed by atoms with E-state index >= 15 is 0 Å². The molecule has 1 unspecified atom stereocenters. The van der Waals surface area contributed by atoms with Crippen LogP contribution in [0.5, 0.6) is 0 Å². The smallest absolute Gasteiger partial charge is 0.274 e. The molecule has 2 aromatic heterocycles. The Kier molecular flexibility index (Phi) is 5.00. The molecular formula is C19H21N3O3. The van der Waals surface area contributed by atoms with E-state index in [0.29, 0.717) is 23.7 Å². The van der Waals surface area contributed by atoms with Crippen LogP contribution in [0.25, 0.3) is 11.5 Å². The Hall–Kier alpha value is -2.86. The molecule has 1 atom stereocenters. The van der Waals surface area contributed by atoms with Gasteiger partial charge in [0.15, 0.2) is 11.5 Å². The predicted octanol–water partition coefficient (Wildman–Crippen LogP) is 3.17. The number of aromatic amines is 1. The van der Waals surface area contributed by atoms with Gasteiger partial charge >= 0.3 is 0 Å². The van der Waals surface area contributed by atoms with E-state index in [9.17, 15) is 9.90 Å². The van der Waals surface area contributed by atoms with Crippen molar-refractivity contribution in [3.05, 3.63) is 65.5 Å². The lowest BCUT2D eigenvalue weighted by Crippen LogP contribution is -2.34. The van der Waals surface area contributed by atoms with Crippen molar-refractivity contribution in [2.24, 2.45) is 0 Å². The largest absolute Gasteiger partial charge is 0.463 e. The molecule has 0 saturated carbocycles. The average molecular weight is 339 g/mol. The number of likely N-dealkylation sites (N-methyl/N-ethyl adjacent to an activating group) is 1. The van der Waals surface area contributed by atoms with Crippen LogP contribution < -0.4 is 0 Å². The van der Waals surface area contributed by atoms with E-state index in [-0.39, 0.29) is 12.5 Å². The maximum atomic E-state index is 12.7. The lowest BCUT2D eigenvalue weighted by atomic mass is 10.1. The van der Waals surface area contributed by atoms with E-state index in [4.69, 9.17) is 4.42 Å². The standard InChI is InChI=1S/C19H21N3O3/c1-3-22(12-17(23)14-8-6-13(2)7-9-14)19(24)16-11-15(20-21-16)18-5-4-10-25-18/h4-11,17,23H,3,12H2,1-2H3,(H,20,21). The van der Waals surface area contributed by atoms with Gasteiger partial charge in [-0.25, -0.2) is 0 Å². The number of benzene rings is 1. The number of nitrogens with one attached hydrogen (secondary N) is 1. The van der Waals surface area contributed by atoms with Crippen LogP contribution in [0, 0.1) is 6.92 Å². The minimum atomic E-state index is -0.743. The highest BCUT2D eigenvalue weighted by molar-refractivity contribution is 5.93. The summed E-state index contributed by atoms with van der Waals surface area (Å²) < 4.78 is 5.30. The van der Waals surface area contributed by atoms with Crippen molar-refractivity contribution in [2.45, 2.75) is 20.0 Å². The van der Waals surface area contributed by atoms with Crippen LogP contribution in [0.1, 0.15) is 34.6 Å². The SMILES string of the molecule is CCN(CC(O)c1ccc(C)cc1)C(=O)c1cc(-c2ccco2)[nH]n1. The first kappa shape index (κ1) is 17.0. The molecule has 3 aromatic rings. The normalized spacial score (nSPS) is 12.1. The molecule has 0 spiro atoms. The van der Waals surface area contributed by atoms with Gasteiger partial charge in [-0.2, -0.15) is 5.10 Å². The van der Waals surface area contributed by atoms with E-state index in [1.54, 1.807) is 29.4 Å². The summed E-state index contributed by atoms with van der Waals surface area (Å²) in [6.45, 7) is 4.55. The molecule has 0 bridgehead atoms. The van der Waals surface area contributed by atoms with Crippen LogP contribution in [0.4, 0.5) is 0 Å². The first-order valence-electron chi connectivity index (χ1n) is 8.21. The Morgan fingerprint density at radius 1 is 1.32 bits per heavy atom. The summed E-state index contributed by atoms with van der Waals surface area (Å²) in [5.41, 5.74) is 2.85. The third-order valence-electron chi connectivity index (χ3n) is 4.11. The second-order valence-electron chi connectivity index (χ2n) is 5.91. The summed E-state index contributed by atoms with van der Waals surface area (Å²) in [6.07, 6.45) is 0.821. The number of aryl methyl sites for hydroxylation is 1.